The minimum atomic E-state index is -0.140. The summed E-state index contributed by atoms with van der Waals surface area (Å²) >= 11 is 10.5. The molecule has 0 N–H and O–H groups in total. The summed E-state index contributed by atoms with van der Waals surface area (Å²) in [4.78, 5) is 12.7. The summed E-state index contributed by atoms with van der Waals surface area (Å²) in [6.45, 7) is 0. The van der Waals surface area contributed by atoms with Crippen molar-refractivity contribution in [2.75, 3.05) is 0 Å². The third-order valence-electron chi connectivity index (χ3n) is 2.50. The van der Waals surface area contributed by atoms with Crippen molar-refractivity contribution in [1.82, 2.24) is 0 Å². The van der Waals surface area contributed by atoms with E-state index in [0.29, 0.717) is 20.6 Å². The Hall–Kier alpha value is -1.10. The Morgan fingerprint density at radius 1 is 1.22 bits per heavy atom. The molecule has 2 nitrogen and oxygen atoms in total. The summed E-state index contributed by atoms with van der Waals surface area (Å²) < 4.78 is 7.09. The first-order valence-electron chi connectivity index (χ1n) is 5.12. The smallest absolute Gasteiger partial charge is 0.238 e. The summed E-state index contributed by atoms with van der Waals surface area (Å²) in [7, 11) is 0. The van der Waals surface area contributed by atoms with E-state index in [1.54, 1.807) is 18.2 Å². The fourth-order valence-corrected chi connectivity index (χ4v) is 3.05. The lowest BCUT2D eigenvalue weighted by Gasteiger charge is -1.90. The maximum atomic E-state index is 12.2. The number of fused-ring (bicyclic) bond motifs is 1. The van der Waals surface area contributed by atoms with Crippen molar-refractivity contribution >= 4 is 55.6 Å². The van der Waals surface area contributed by atoms with Crippen molar-refractivity contribution in [3.8, 4) is 0 Å². The number of carbonyl (C=O) groups excluding carboxylic acids is 1. The van der Waals surface area contributed by atoms with Gasteiger partial charge in [0.25, 0.3) is 0 Å². The van der Waals surface area contributed by atoms with Crippen LogP contribution in [0.4, 0.5) is 0 Å². The number of furan rings is 1. The van der Waals surface area contributed by atoms with Gasteiger partial charge in [0.2, 0.25) is 5.78 Å². The molecule has 1 aromatic carbocycles. The SMILES string of the molecule is O=C(c1cc2cc(Br)ccc2o1)c1ccc(Cl)s1. The van der Waals surface area contributed by atoms with Crippen LogP contribution in [0.3, 0.4) is 0 Å². The van der Waals surface area contributed by atoms with Gasteiger partial charge in [-0.2, -0.15) is 0 Å². The average Bonchev–Trinajstić information content (AvgIpc) is 2.93. The number of rotatable bonds is 2. The summed E-state index contributed by atoms with van der Waals surface area (Å²) in [5, 5.41) is 0.898. The molecule has 2 heterocycles. The highest BCUT2D eigenvalue weighted by Crippen LogP contribution is 2.28. The lowest BCUT2D eigenvalue weighted by Crippen LogP contribution is -1.95. The molecular formula is C13H6BrClO2S. The van der Waals surface area contributed by atoms with Crippen LogP contribution in [-0.2, 0) is 0 Å². The van der Waals surface area contributed by atoms with Gasteiger partial charge in [-0.15, -0.1) is 11.3 Å². The van der Waals surface area contributed by atoms with Crippen molar-refractivity contribution in [2.45, 2.75) is 0 Å². The zero-order valence-corrected chi connectivity index (χ0v) is 12.1. The summed E-state index contributed by atoms with van der Waals surface area (Å²) in [5.41, 5.74) is 0.698. The normalized spacial score (nSPS) is 11.0. The summed E-state index contributed by atoms with van der Waals surface area (Å²) in [6, 6.07) is 10.8. The molecule has 0 radical (unpaired) electrons. The van der Waals surface area contributed by atoms with Crippen LogP contribution in [0.5, 0.6) is 0 Å². The highest BCUT2D eigenvalue weighted by molar-refractivity contribution is 9.10. The van der Waals surface area contributed by atoms with E-state index in [-0.39, 0.29) is 5.78 Å². The largest absolute Gasteiger partial charge is 0.453 e. The first kappa shape index (κ1) is 12.0. The maximum absolute atomic E-state index is 12.2. The van der Waals surface area contributed by atoms with Crippen LogP contribution in [-0.4, -0.2) is 5.78 Å². The van der Waals surface area contributed by atoms with Crippen LogP contribution in [0, 0.1) is 0 Å². The number of hydrogen-bond acceptors (Lipinski definition) is 3. The maximum Gasteiger partial charge on any atom is 0.238 e. The van der Waals surface area contributed by atoms with Crippen LogP contribution in [0.2, 0.25) is 4.34 Å². The average molecular weight is 342 g/mol. The van der Waals surface area contributed by atoms with Crippen molar-refractivity contribution < 1.29 is 9.21 Å². The third-order valence-corrected chi connectivity index (χ3v) is 4.22. The minimum Gasteiger partial charge on any atom is -0.453 e. The molecule has 3 rings (SSSR count). The highest BCUT2D eigenvalue weighted by atomic mass is 79.9. The number of halogens is 2. The van der Waals surface area contributed by atoms with Gasteiger partial charge >= 0.3 is 0 Å². The van der Waals surface area contributed by atoms with Crippen LogP contribution in [0.25, 0.3) is 11.0 Å². The van der Waals surface area contributed by atoms with E-state index in [4.69, 9.17) is 16.0 Å². The van der Waals surface area contributed by atoms with Gasteiger partial charge in [0.15, 0.2) is 5.76 Å². The van der Waals surface area contributed by atoms with Crippen LogP contribution < -0.4 is 0 Å². The van der Waals surface area contributed by atoms with Gasteiger partial charge in [-0.1, -0.05) is 27.5 Å². The van der Waals surface area contributed by atoms with Crippen LogP contribution in [0.1, 0.15) is 15.4 Å². The van der Waals surface area contributed by atoms with Crippen LogP contribution >= 0.6 is 38.9 Å². The van der Waals surface area contributed by atoms with E-state index in [2.05, 4.69) is 15.9 Å². The first-order valence-corrected chi connectivity index (χ1v) is 7.11. The summed E-state index contributed by atoms with van der Waals surface area (Å²) in [5.74, 6) is 0.195. The van der Waals surface area contributed by atoms with Crippen molar-refractivity contribution in [2.24, 2.45) is 0 Å². The van der Waals surface area contributed by atoms with E-state index < -0.39 is 0 Å². The van der Waals surface area contributed by atoms with Crippen LogP contribution in [0.15, 0.2) is 45.3 Å². The van der Waals surface area contributed by atoms with Crippen molar-refractivity contribution in [1.29, 1.82) is 0 Å². The molecule has 0 amide bonds. The number of ketones is 1. The number of thiophene rings is 1. The summed E-state index contributed by atoms with van der Waals surface area (Å²) in [6.07, 6.45) is 0. The highest BCUT2D eigenvalue weighted by Gasteiger charge is 2.16. The Bertz CT molecular complexity index is 744. The molecule has 0 saturated heterocycles. The Kier molecular flexibility index (Phi) is 3.01. The predicted molar refractivity (Wildman–Crippen MR) is 76.7 cm³/mol. The molecule has 90 valence electrons. The molecule has 0 saturated carbocycles. The van der Waals surface area contributed by atoms with Gasteiger partial charge in [0.1, 0.15) is 5.58 Å². The molecule has 0 atom stereocenters. The topological polar surface area (TPSA) is 30.2 Å². The van der Waals surface area contributed by atoms with Crippen molar-refractivity contribution in [3.63, 3.8) is 0 Å². The molecule has 5 heteroatoms. The lowest BCUT2D eigenvalue weighted by atomic mass is 10.2. The number of carbonyl (C=O) groups is 1. The molecule has 0 aliphatic rings. The molecule has 0 unspecified atom stereocenters. The monoisotopic (exact) mass is 340 g/mol. The van der Waals surface area contributed by atoms with Gasteiger partial charge in [-0.3, -0.25) is 4.79 Å². The van der Waals surface area contributed by atoms with Gasteiger partial charge in [-0.25, -0.2) is 0 Å². The second kappa shape index (κ2) is 4.53. The molecule has 2 aromatic heterocycles. The van der Waals surface area contributed by atoms with E-state index >= 15 is 0 Å². The fraction of sp³-hybridized carbons (Fsp3) is 0. The van der Waals surface area contributed by atoms with Gasteiger partial charge in [-0.05, 0) is 36.4 Å². The van der Waals surface area contributed by atoms with Gasteiger partial charge in [0, 0.05) is 9.86 Å². The van der Waals surface area contributed by atoms with E-state index in [9.17, 15) is 4.79 Å². The molecule has 0 aliphatic heterocycles. The minimum absolute atomic E-state index is 0.140. The number of benzene rings is 1. The lowest BCUT2D eigenvalue weighted by molar-refractivity contribution is 0.101. The third kappa shape index (κ3) is 2.11. The second-order valence-corrected chi connectivity index (χ2v) is 6.36. The predicted octanol–water partition coefficient (Wildman–Crippen LogP) is 5.14. The molecule has 0 bridgehead atoms. The molecule has 18 heavy (non-hydrogen) atoms. The first-order chi connectivity index (χ1) is 8.63. The molecule has 0 fully saturated rings. The van der Waals surface area contributed by atoms with E-state index in [1.807, 2.05) is 18.2 Å². The molecule has 0 aliphatic carbocycles. The fourth-order valence-electron chi connectivity index (χ4n) is 1.68. The standard InChI is InChI=1S/C13H6BrClO2S/c14-8-1-2-9-7(5-8)6-10(17-9)13(16)11-3-4-12(15)18-11/h1-6H. The Morgan fingerprint density at radius 2 is 2.06 bits per heavy atom. The molecular weight excluding hydrogens is 336 g/mol. The van der Waals surface area contributed by atoms with Gasteiger partial charge < -0.3 is 4.42 Å². The quantitative estimate of drug-likeness (QED) is 0.604. The zero-order valence-electron chi connectivity index (χ0n) is 8.94. The Balaban J connectivity index is 2.06. The van der Waals surface area contributed by atoms with E-state index in [0.717, 1.165) is 9.86 Å². The second-order valence-electron chi connectivity index (χ2n) is 3.73. The van der Waals surface area contributed by atoms with E-state index in [1.165, 1.54) is 11.3 Å². The molecule has 0 spiro atoms. The Morgan fingerprint density at radius 3 is 2.78 bits per heavy atom. The van der Waals surface area contributed by atoms with Crippen molar-refractivity contribution in [3.05, 3.63) is 55.8 Å². The molecule has 3 aromatic rings. The zero-order chi connectivity index (χ0) is 12.7. The number of hydrogen-bond donors (Lipinski definition) is 0. The van der Waals surface area contributed by atoms with Gasteiger partial charge in [0.05, 0.1) is 9.21 Å². The Labute approximate surface area is 120 Å².